The minimum Gasteiger partial charge on any atom is -0.310 e. The third kappa shape index (κ3) is 3.64. The van der Waals surface area contributed by atoms with Crippen LogP contribution in [0.3, 0.4) is 0 Å². The number of fused-ring (bicyclic) bond motifs is 4. The van der Waals surface area contributed by atoms with Gasteiger partial charge in [-0.2, -0.15) is 0 Å². The van der Waals surface area contributed by atoms with Gasteiger partial charge in [0.2, 0.25) is 0 Å². The fourth-order valence-corrected chi connectivity index (χ4v) is 6.98. The number of hydrogen-bond acceptors (Lipinski definition) is 1. The number of nitrogens with zero attached hydrogens (tertiary/aromatic N) is 1. The molecule has 1 aliphatic rings. The first-order valence-electron chi connectivity index (χ1n) is 14.5. The molecule has 0 heterocycles. The minimum atomic E-state index is -0.439. The number of para-hydroxylation sites is 1. The van der Waals surface area contributed by atoms with Crippen LogP contribution in [0, 0.1) is 0 Å². The van der Waals surface area contributed by atoms with Gasteiger partial charge in [-0.05, 0) is 69.1 Å². The molecule has 1 aliphatic carbocycles. The average molecular weight is 536 g/mol. The van der Waals surface area contributed by atoms with E-state index in [9.17, 15) is 0 Å². The van der Waals surface area contributed by atoms with Crippen molar-refractivity contribution in [3.8, 4) is 11.1 Å². The van der Waals surface area contributed by atoms with Gasteiger partial charge >= 0.3 is 0 Å². The van der Waals surface area contributed by atoms with E-state index < -0.39 is 5.41 Å². The first-order chi connectivity index (χ1) is 20.9. The quantitative estimate of drug-likeness (QED) is 0.212. The van der Waals surface area contributed by atoms with E-state index in [1.807, 2.05) is 0 Å². The van der Waals surface area contributed by atoms with Gasteiger partial charge in [0.1, 0.15) is 0 Å². The third-order valence-corrected chi connectivity index (χ3v) is 8.72. The third-order valence-electron chi connectivity index (χ3n) is 8.72. The van der Waals surface area contributed by atoms with Gasteiger partial charge in [-0.3, -0.25) is 0 Å². The van der Waals surface area contributed by atoms with Gasteiger partial charge in [-0.15, -0.1) is 0 Å². The molecule has 1 heteroatoms. The van der Waals surface area contributed by atoms with Crippen LogP contribution in [0.4, 0.5) is 17.1 Å². The van der Waals surface area contributed by atoms with Gasteiger partial charge in [-0.25, -0.2) is 0 Å². The molecule has 42 heavy (non-hydrogen) atoms. The standard InChI is InChI=1S/C41H29N/c1-4-17-31(18-5-1)41(32-19-6-2-7-20-32)38-25-13-12-24-36(38)37-28-27-34(29-39(37)41)42(33-21-8-3-9-22-33)40-26-14-16-30-15-10-11-23-35(30)40/h1-29H. The molecule has 0 bridgehead atoms. The molecule has 0 fully saturated rings. The van der Waals surface area contributed by atoms with Crippen molar-refractivity contribution >= 4 is 27.8 Å². The van der Waals surface area contributed by atoms with E-state index >= 15 is 0 Å². The zero-order valence-electron chi connectivity index (χ0n) is 23.2. The second-order valence-corrected chi connectivity index (χ2v) is 10.9. The van der Waals surface area contributed by atoms with Crippen molar-refractivity contribution in [2.45, 2.75) is 5.41 Å². The van der Waals surface area contributed by atoms with E-state index in [-0.39, 0.29) is 0 Å². The van der Waals surface area contributed by atoms with E-state index in [4.69, 9.17) is 0 Å². The fourth-order valence-electron chi connectivity index (χ4n) is 6.98. The normalized spacial score (nSPS) is 13.0. The van der Waals surface area contributed by atoms with E-state index in [1.165, 1.54) is 49.8 Å². The van der Waals surface area contributed by atoms with Crippen molar-refractivity contribution in [3.05, 3.63) is 198 Å². The van der Waals surface area contributed by atoms with Crippen molar-refractivity contribution < 1.29 is 0 Å². The van der Waals surface area contributed by atoms with Crippen molar-refractivity contribution in [3.63, 3.8) is 0 Å². The molecule has 1 nitrogen and oxygen atoms in total. The fraction of sp³-hybridized carbons (Fsp3) is 0.0244. The molecule has 7 aromatic carbocycles. The Morgan fingerprint density at radius 1 is 0.381 bits per heavy atom. The van der Waals surface area contributed by atoms with Crippen LogP contribution >= 0.6 is 0 Å². The zero-order valence-corrected chi connectivity index (χ0v) is 23.2. The van der Waals surface area contributed by atoms with Gasteiger partial charge < -0.3 is 4.90 Å². The maximum atomic E-state index is 2.43. The molecule has 0 aromatic heterocycles. The molecule has 7 aromatic rings. The zero-order chi connectivity index (χ0) is 27.9. The smallest absolute Gasteiger partial charge is 0.0714 e. The summed E-state index contributed by atoms with van der Waals surface area (Å²) in [5.41, 5.74) is 10.8. The van der Waals surface area contributed by atoms with E-state index in [0.717, 1.165) is 11.4 Å². The van der Waals surface area contributed by atoms with Crippen LogP contribution in [0.2, 0.25) is 0 Å². The molecule has 0 unspecified atom stereocenters. The highest BCUT2D eigenvalue weighted by Gasteiger charge is 2.46. The molecular formula is C41H29N. The molecule has 0 N–H and O–H groups in total. The lowest BCUT2D eigenvalue weighted by molar-refractivity contribution is 0.768. The number of benzene rings is 7. The molecular weight excluding hydrogens is 506 g/mol. The van der Waals surface area contributed by atoms with Crippen LogP contribution in [-0.2, 0) is 5.41 Å². The largest absolute Gasteiger partial charge is 0.310 e. The molecule has 198 valence electrons. The van der Waals surface area contributed by atoms with Crippen molar-refractivity contribution in [2.75, 3.05) is 4.90 Å². The Morgan fingerprint density at radius 2 is 0.952 bits per heavy atom. The highest BCUT2D eigenvalue weighted by Crippen LogP contribution is 2.57. The van der Waals surface area contributed by atoms with Crippen molar-refractivity contribution in [2.24, 2.45) is 0 Å². The maximum absolute atomic E-state index is 2.43. The summed E-state index contributed by atoms with van der Waals surface area (Å²) in [6.45, 7) is 0. The van der Waals surface area contributed by atoms with Gasteiger partial charge in [0.05, 0.1) is 11.1 Å². The average Bonchev–Trinajstić information content (AvgIpc) is 3.37. The Balaban J connectivity index is 1.45. The second kappa shape index (κ2) is 9.90. The second-order valence-electron chi connectivity index (χ2n) is 10.9. The van der Waals surface area contributed by atoms with Crippen LogP contribution in [0.5, 0.6) is 0 Å². The van der Waals surface area contributed by atoms with Crippen LogP contribution in [-0.4, -0.2) is 0 Å². The number of hydrogen-bond donors (Lipinski definition) is 0. The summed E-state index contributed by atoms with van der Waals surface area (Å²) in [5.74, 6) is 0. The van der Waals surface area contributed by atoms with E-state index in [0.29, 0.717) is 0 Å². The molecule has 0 radical (unpaired) electrons. The summed E-state index contributed by atoms with van der Waals surface area (Å²) in [6, 6.07) is 64.0. The summed E-state index contributed by atoms with van der Waals surface area (Å²) >= 11 is 0. The van der Waals surface area contributed by atoms with E-state index in [1.54, 1.807) is 0 Å². The Hall–Kier alpha value is -5.40. The summed E-state index contributed by atoms with van der Waals surface area (Å²) in [6.07, 6.45) is 0. The Morgan fingerprint density at radius 3 is 1.69 bits per heavy atom. The van der Waals surface area contributed by atoms with Crippen LogP contribution in [0.25, 0.3) is 21.9 Å². The topological polar surface area (TPSA) is 3.24 Å². The molecule has 0 amide bonds. The monoisotopic (exact) mass is 535 g/mol. The number of anilines is 3. The lowest BCUT2D eigenvalue weighted by atomic mass is 9.67. The summed E-state index contributed by atoms with van der Waals surface area (Å²) < 4.78 is 0. The first-order valence-corrected chi connectivity index (χ1v) is 14.5. The SMILES string of the molecule is c1ccc(N(c2ccc3c(c2)C(c2ccccc2)(c2ccccc2)c2ccccc2-3)c2cccc3ccccc23)cc1. The van der Waals surface area contributed by atoms with Gasteiger partial charge in [-0.1, -0.05) is 146 Å². The maximum Gasteiger partial charge on any atom is 0.0714 e. The van der Waals surface area contributed by atoms with Gasteiger partial charge in [0.25, 0.3) is 0 Å². The highest BCUT2D eigenvalue weighted by atomic mass is 15.1. The minimum absolute atomic E-state index is 0.439. The molecule has 0 aliphatic heterocycles. The van der Waals surface area contributed by atoms with Crippen molar-refractivity contribution in [1.29, 1.82) is 0 Å². The highest BCUT2D eigenvalue weighted by molar-refractivity contribution is 5.99. The number of rotatable bonds is 5. The lowest BCUT2D eigenvalue weighted by Gasteiger charge is -2.35. The van der Waals surface area contributed by atoms with Crippen LogP contribution < -0.4 is 4.90 Å². The first kappa shape index (κ1) is 24.4. The molecule has 0 saturated heterocycles. The Kier molecular flexibility index (Phi) is 5.75. The molecule has 8 rings (SSSR count). The summed E-state index contributed by atoms with van der Waals surface area (Å²) in [4.78, 5) is 2.41. The van der Waals surface area contributed by atoms with E-state index in [2.05, 4.69) is 181 Å². The van der Waals surface area contributed by atoms with Gasteiger partial charge in [0.15, 0.2) is 0 Å². The molecule has 0 atom stereocenters. The summed E-state index contributed by atoms with van der Waals surface area (Å²) in [5, 5.41) is 2.46. The molecule has 0 saturated carbocycles. The predicted molar refractivity (Wildman–Crippen MR) is 176 cm³/mol. The van der Waals surface area contributed by atoms with Crippen LogP contribution in [0.1, 0.15) is 22.3 Å². The molecule has 0 spiro atoms. The van der Waals surface area contributed by atoms with Crippen molar-refractivity contribution in [1.82, 2.24) is 0 Å². The predicted octanol–water partition coefficient (Wildman–Crippen LogP) is 10.7. The Bertz CT molecular complexity index is 1980. The Labute approximate surface area is 247 Å². The van der Waals surface area contributed by atoms with Gasteiger partial charge in [0, 0.05) is 16.8 Å². The summed E-state index contributed by atoms with van der Waals surface area (Å²) in [7, 11) is 0. The lowest BCUT2D eigenvalue weighted by Crippen LogP contribution is -2.28. The van der Waals surface area contributed by atoms with Crippen LogP contribution in [0.15, 0.2) is 176 Å².